The van der Waals surface area contributed by atoms with Crippen LogP contribution in [0.2, 0.25) is 15.1 Å². The van der Waals surface area contributed by atoms with Gasteiger partial charge in [-0.25, -0.2) is 17.6 Å². The number of benzene rings is 5. The Balaban J connectivity index is 0.000000187. The zero-order valence-corrected chi connectivity index (χ0v) is 83.6. The minimum atomic E-state index is -4.65. The van der Waals surface area contributed by atoms with Gasteiger partial charge in [-0.15, -0.1) is 0 Å². The van der Waals surface area contributed by atoms with E-state index in [1.807, 2.05) is 65.3 Å². The van der Waals surface area contributed by atoms with Gasteiger partial charge in [-0.3, -0.25) is 64.2 Å². The van der Waals surface area contributed by atoms with Crippen molar-refractivity contribution in [3.63, 3.8) is 0 Å². The second kappa shape index (κ2) is 53.1. The highest BCUT2D eigenvalue weighted by atomic mass is 35.5. The lowest BCUT2D eigenvalue weighted by Gasteiger charge is -2.35. The number of likely N-dealkylation sites (N-methyl/N-ethyl adjacent to an activating group) is 1. The standard InChI is InChI=1S/C21H26ClF3N4O.2C20H24F4N4O.C19H20ClF5N4O.C19H24ClF3N4O/c1-14-6-7-17(22)16(11-14)13-29(10-9-28-8-4-3-5-15(28)2)20(30)18-12-19(27-26-18)21(23,24)25;1-14-6-4-5-9-27(14)10-11-28(13-15-7-2-3-8-16(15)21)19(29)17-12-18(26-25-17)20(22,23)24;1-14-5-4-8-27(12-14)9-10-28(13-15-6-2-3-7-16(15)21)19(29)17-11-18(26-25-17)20(22,23)24;20-14-4-2-1-3-13(14)12-29(10-9-28-7-5-18(21,22)6-8-28)17(30)15-11-16(27-26-15)19(23,24)25;1-4-26(13(2)3)9-10-27(12-14-7-5-6-8-15(14)20)18(28)16-11-17(25-24-16)19(21,22)23/h6-7,11-12,15H,3-5,8-10,13H2,1-2H3,(H,26,27);2-3,7-8,12,14H,4-6,9-11,13H2,1H3,(H,25,26);2-3,6-7,11,14H,4-5,8-10,12-13H2,1H3,(H,25,26);1-4,11H,5-10,12H2,(H,26,27);5-8,11,13H,4,9-10,12H2,1-3H3,(H,24,25). The lowest BCUT2D eigenvalue weighted by atomic mass is 10.0. The predicted molar refractivity (Wildman–Crippen MR) is 511 cm³/mol. The molecule has 25 nitrogen and oxygen atoms in total. The van der Waals surface area contributed by atoms with Gasteiger partial charge in [-0.05, 0) is 152 Å². The molecule has 146 heavy (non-hydrogen) atoms. The number of H-pyrrole nitrogens is 5. The first-order valence-corrected chi connectivity index (χ1v) is 48.8. The molecule has 0 aliphatic carbocycles. The van der Waals surface area contributed by atoms with Crippen LogP contribution in [0.5, 0.6) is 0 Å². The number of nitrogens with one attached hydrogen (secondary N) is 5. The molecule has 3 unspecified atom stereocenters. The van der Waals surface area contributed by atoms with Crippen molar-refractivity contribution in [3.8, 4) is 0 Å². The molecule has 9 heterocycles. The summed E-state index contributed by atoms with van der Waals surface area (Å²) in [5, 5.41) is 28.5. The average Bonchev–Trinajstić information content (AvgIpc) is 1.68. The molecular formula is C99H118Cl3F19N20O5. The molecule has 4 aliphatic rings. The molecule has 10 aromatic rings. The highest BCUT2D eigenvalue weighted by Gasteiger charge is 2.42. The molecule has 47 heteroatoms. The van der Waals surface area contributed by atoms with Crippen LogP contribution in [-0.2, 0) is 63.6 Å². The molecule has 5 aromatic carbocycles. The number of carbonyl (C=O) groups excluding carboxylic acids is 5. The van der Waals surface area contributed by atoms with Gasteiger partial charge in [-0.1, -0.05) is 152 Å². The minimum absolute atomic E-state index is 0.0386. The third-order valence-electron chi connectivity index (χ3n) is 25.5. The van der Waals surface area contributed by atoms with E-state index in [4.69, 9.17) is 34.8 Å². The molecule has 4 aliphatic heterocycles. The Morgan fingerprint density at radius 3 is 1.02 bits per heavy atom. The quantitative estimate of drug-likeness (QED) is 0.0246. The van der Waals surface area contributed by atoms with Crippen LogP contribution in [0.4, 0.5) is 83.4 Å². The van der Waals surface area contributed by atoms with Crippen LogP contribution in [0.1, 0.15) is 220 Å². The number of alkyl halides is 17. The molecule has 0 bridgehead atoms. The normalized spacial score (nSPS) is 16.7. The summed E-state index contributed by atoms with van der Waals surface area (Å²) >= 11 is 18.7. The molecule has 5 N–H and O–H groups in total. The van der Waals surface area contributed by atoms with Crippen LogP contribution < -0.4 is 0 Å². The van der Waals surface area contributed by atoms with E-state index in [2.05, 4.69) is 65.9 Å². The first kappa shape index (κ1) is 117. The third kappa shape index (κ3) is 35.3. The lowest BCUT2D eigenvalue weighted by Crippen LogP contribution is -2.44. The van der Waals surface area contributed by atoms with E-state index >= 15 is 0 Å². The Morgan fingerprint density at radius 2 is 0.699 bits per heavy atom. The number of rotatable bonds is 32. The fourth-order valence-electron chi connectivity index (χ4n) is 16.9. The zero-order valence-electron chi connectivity index (χ0n) is 81.4. The van der Waals surface area contributed by atoms with E-state index < -0.39 is 106 Å². The Morgan fingerprint density at radius 1 is 0.384 bits per heavy atom. The van der Waals surface area contributed by atoms with Crippen molar-refractivity contribution in [3.05, 3.63) is 263 Å². The number of piperidine rings is 4. The summed E-state index contributed by atoms with van der Waals surface area (Å²) in [5.41, 5.74) is -3.26. The molecule has 5 amide bonds. The summed E-state index contributed by atoms with van der Waals surface area (Å²) in [6, 6.07) is 36.1. The number of hydrogen-bond acceptors (Lipinski definition) is 15. The molecule has 0 radical (unpaired) electrons. The number of hydrogen-bond donors (Lipinski definition) is 5. The van der Waals surface area contributed by atoms with E-state index in [0.717, 1.165) is 106 Å². The van der Waals surface area contributed by atoms with E-state index in [-0.39, 0.29) is 113 Å². The number of likely N-dealkylation sites (tertiary alicyclic amines) is 4. The average molecular weight is 2140 g/mol. The van der Waals surface area contributed by atoms with Gasteiger partial charge in [0.05, 0.1) is 0 Å². The summed E-state index contributed by atoms with van der Waals surface area (Å²) in [4.78, 5) is 82.4. The van der Waals surface area contributed by atoms with E-state index in [0.29, 0.717) is 114 Å². The van der Waals surface area contributed by atoms with Crippen molar-refractivity contribution in [1.82, 2.24) is 100.0 Å². The van der Waals surface area contributed by atoms with Crippen molar-refractivity contribution >= 4 is 64.3 Å². The van der Waals surface area contributed by atoms with Gasteiger partial charge in [0, 0.05) is 205 Å². The van der Waals surface area contributed by atoms with Crippen LogP contribution in [0.15, 0.2) is 146 Å². The predicted octanol–water partition coefficient (Wildman–Crippen LogP) is 21.8. The summed E-state index contributed by atoms with van der Waals surface area (Å²) in [6.07, 6.45) is -14.7. The summed E-state index contributed by atoms with van der Waals surface area (Å²) in [5.74, 6) is -6.22. The van der Waals surface area contributed by atoms with Crippen molar-refractivity contribution in [1.29, 1.82) is 0 Å². The molecule has 3 atom stereocenters. The molecule has 0 saturated carbocycles. The van der Waals surface area contributed by atoms with E-state index in [1.54, 1.807) is 95.9 Å². The van der Waals surface area contributed by atoms with Crippen LogP contribution in [0.25, 0.3) is 0 Å². The van der Waals surface area contributed by atoms with Gasteiger partial charge in [-0.2, -0.15) is 91.3 Å². The number of halogens is 22. The summed E-state index contributed by atoms with van der Waals surface area (Å²) in [7, 11) is 0. The largest absolute Gasteiger partial charge is 0.432 e. The lowest BCUT2D eigenvalue weighted by molar-refractivity contribution is -0.142. The van der Waals surface area contributed by atoms with Crippen molar-refractivity contribution in [2.45, 2.75) is 200 Å². The molecule has 5 aromatic heterocycles. The zero-order chi connectivity index (χ0) is 107. The number of nitrogens with zero attached hydrogens (tertiary/aromatic N) is 15. The summed E-state index contributed by atoms with van der Waals surface area (Å²) in [6.45, 7) is 23.7. The fraction of sp³-hybridized carbons (Fsp3) is 0.495. The molecule has 4 fully saturated rings. The number of carbonyl (C=O) groups is 5. The van der Waals surface area contributed by atoms with Crippen LogP contribution in [0, 0.1) is 24.5 Å². The van der Waals surface area contributed by atoms with Crippen molar-refractivity contribution in [2.24, 2.45) is 5.92 Å². The maximum atomic E-state index is 14.1. The third-order valence-corrected chi connectivity index (χ3v) is 26.6. The molecule has 14 rings (SSSR count). The highest BCUT2D eigenvalue weighted by molar-refractivity contribution is 6.32. The van der Waals surface area contributed by atoms with E-state index in [1.165, 1.54) is 43.1 Å². The van der Waals surface area contributed by atoms with Gasteiger partial charge in [0.2, 0.25) is 0 Å². The Bertz CT molecular complexity index is 5840. The van der Waals surface area contributed by atoms with Gasteiger partial charge < -0.3 is 34.3 Å². The van der Waals surface area contributed by atoms with Crippen molar-refractivity contribution in [2.75, 3.05) is 111 Å². The smallest absolute Gasteiger partial charge is 0.332 e. The minimum Gasteiger partial charge on any atom is -0.332 e. The molecule has 4 saturated heterocycles. The number of aromatic amines is 5. The highest BCUT2D eigenvalue weighted by Crippen LogP contribution is 2.36. The summed E-state index contributed by atoms with van der Waals surface area (Å²) < 4.78 is 248. The maximum absolute atomic E-state index is 14.1. The van der Waals surface area contributed by atoms with Crippen LogP contribution in [0.3, 0.4) is 0 Å². The van der Waals surface area contributed by atoms with E-state index in [9.17, 15) is 107 Å². The molecular weight excluding hydrogens is 2020 g/mol. The number of aromatic nitrogens is 10. The SMILES string of the molecule is CC1CCCCN1CCN(Cc1ccccc1F)C(=O)c1cc(C(F)(F)F)[nH]n1.CC1CCCN(CCN(Cc2ccccc2F)C(=O)c2cc(C(F)(F)F)[nH]n2)C1.CCN(CCN(Cc1ccccc1Cl)C(=O)c1cc(C(F)(F)F)[nH]n1)C(C)C.Cc1ccc(Cl)c(CN(CCN2CCCCC2C)C(=O)c2cc(C(F)(F)F)[nH]n2)c1.O=C(c1cc(C(F)(F)F)[nH]n1)N(CCN1CCC(F)(F)CC1)Cc1ccccc1Cl. The first-order valence-electron chi connectivity index (χ1n) is 47.6. The second-order valence-corrected chi connectivity index (χ2v) is 37.9. The Hall–Kier alpha value is -11.2. The fourth-order valence-corrected chi connectivity index (χ4v) is 17.5. The van der Waals surface area contributed by atoms with Crippen LogP contribution in [-0.4, -0.2) is 265 Å². The van der Waals surface area contributed by atoms with Gasteiger partial charge >= 0.3 is 30.9 Å². The molecule has 798 valence electrons. The van der Waals surface area contributed by atoms with Gasteiger partial charge in [0.15, 0.2) is 28.5 Å². The van der Waals surface area contributed by atoms with Crippen LogP contribution >= 0.6 is 34.8 Å². The maximum Gasteiger partial charge on any atom is 0.432 e. The topological polar surface area (TPSA) is 261 Å². The Kier molecular flexibility index (Phi) is 42.5. The van der Waals surface area contributed by atoms with Gasteiger partial charge in [0.1, 0.15) is 40.1 Å². The van der Waals surface area contributed by atoms with Crippen molar-refractivity contribution < 1.29 is 107 Å². The number of amides is 5. The second-order valence-electron chi connectivity index (χ2n) is 36.6. The number of aryl methyl sites for hydroxylation is 1. The molecule has 0 spiro atoms. The Labute approximate surface area is 847 Å². The van der Waals surface area contributed by atoms with Gasteiger partial charge in [0.25, 0.3) is 35.5 Å². The monoisotopic (exact) mass is 2130 g/mol. The first-order chi connectivity index (χ1) is 68.8.